The number of rotatable bonds is 1. The van der Waals surface area contributed by atoms with Crippen LogP contribution in [0.15, 0.2) is 0 Å². The summed E-state index contributed by atoms with van der Waals surface area (Å²) >= 11 is 0. The molecular weight excluding hydrogens is 129 g/mol. The maximum absolute atomic E-state index is 9.67. The van der Waals surface area contributed by atoms with Crippen molar-refractivity contribution in [3.8, 4) is 12.3 Å². The van der Waals surface area contributed by atoms with E-state index in [1.165, 1.54) is 0 Å². The number of hydrogen-bond donors (Lipinski definition) is 0. The lowest BCUT2D eigenvalue weighted by molar-refractivity contribution is 0.00819. The molecule has 54 valence electrons. The number of unbranched alkanes of at least 4 members (excludes halogenated alkanes) is 1. The van der Waals surface area contributed by atoms with Crippen molar-refractivity contribution in [3.63, 3.8) is 0 Å². The molecule has 0 N–H and O–H groups in total. The Morgan fingerprint density at radius 1 is 1.44 bits per heavy atom. The van der Waals surface area contributed by atoms with E-state index in [-0.39, 0.29) is 0 Å². The molecular formula is C6H9F3. The third-order valence-electron chi connectivity index (χ3n) is 0.394. The Hall–Kier alpha value is -0.650. The topological polar surface area (TPSA) is 0 Å². The van der Waals surface area contributed by atoms with Crippen LogP contribution in [0, 0.1) is 12.3 Å². The molecule has 0 aromatic heterocycles. The number of terminal acetylenes is 1. The Balaban J connectivity index is 0. The smallest absolute Gasteiger partial charge is 0.174 e. The van der Waals surface area contributed by atoms with Crippen LogP contribution in [0.5, 0.6) is 0 Å². The van der Waals surface area contributed by atoms with Crippen LogP contribution in [0.3, 0.4) is 0 Å². The predicted octanol–water partition coefficient (Wildman–Crippen LogP) is 2.60. The molecule has 0 amide bonds. The number of hydrogen-bond acceptors (Lipinski definition) is 0. The molecule has 0 aliphatic carbocycles. The molecule has 0 fully saturated rings. The Morgan fingerprint density at radius 2 is 1.78 bits per heavy atom. The van der Waals surface area contributed by atoms with Gasteiger partial charge in [-0.2, -0.15) is 13.2 Å². The van der Waals surface area contributed by atoms with Crippen molar-refractivity contribution in [2.45, 2.75) is 26.4 Å². The molecule has 0 aromatic rings. The van der Waals surface area contributed by atoms with E-state index in [1.54, 1.807) is 0 Å². The second-order valence-corrected chi connectivity index (χ2v) is 1.20. The fourth-order valence-electron chi connectivity index (χ4n) is 0.144. The average molecular weight is 138 g/mol. The third-order valence-corrected chi connectivity index (χ3v) is 0.394. The Morgan fingerprint density at radius 3 is 1.78 bits per heavy atom. The third kappa shape index (κ3) is 115. The Labute approximate surface area is 53.1 Å². The summed E-state index contributed by atoms with van der Waals surface area (Å²) in [5.41, 5.74) is 0. The summed E-state index contributed by atoms with van der Waals surface area (Å²) in [4.78, 5) is 0. The van der Waals surface area contributed by atoms with E-state index in [4.69, 9.17) is 6.42 Å². The highest BCUT2D eigenvalue weighted by Gasteiger charge is 1.86. The lowest BCUT2D eigenvalue weighted by Crippen LogP contribution is -1.65. The first-order valence-corrected chi connectivity index (χ1v) is 2.50. The minimum atomic E-state index is -3.67. The molecule has 0 nitrogen and oxygen atoms in total. The molecule has 0 rings (SSSR count). The number of halogens is 3. The first-order chi connectivity index (χ1) is 4.15. The monoisotopic (exact) mass is 138 g/mol. The summed E-state index contributed by atoms with van der Waals surface area (Å²) in [5.74, 6) is 2.52. The zero-order valence-corrected chi connectivity index (χ0v) is 5.20. The van der Waals surface area contributed by atoms with Gasteiger partial charge in [0.15, 0.2) is 0 Å². The first-order valence-electron chi connectivity index (χ1n) is 2.50. The van der Waals surface area contributed by atoms with Crippen molar-refractivity contribution in [2.24, 2.45) is 0 Å². The van der Waals surface area contributed by atoms with Crippen molar-refractivity contribution < 1.29 is 13.2 Å². The number of alkyl halides is 3. The van der Waals surface area contributed by atoms with Gasteiger partial charge in [0.1, 0.15) is 0 Å². The fourth-order valence-corrected chi connectivity index (χ4v) is 0.144. The summed E-state index contributed by atoms with van der Waals surface area (Å²) in [5, 5.41) is 0. The van der Waals surface area contributed by atoms with Crippen molar-refractivity contribution in [2.75, 3.05) is 0 Å². The van der Waals surface area contributed by atoms with E-state index >= 15 is 0 Å². The molecule has 0 saturated carbocycles. The molecule has 0 aliphatic heterocycles. The maximum Gasteiger partial charge on any atom is 0.379 e. The maximum atomic E-state index is 9.67. The van der Waals surface area contributed by atoms with Crippen molar-refractivity contribution in [1.82, 2.24) is 0 Å². The summed E-state index contributed by atoms with van der Waals surface area (Å²) in [6.07, 6.45) is 6.91. The van der Waals surface area contributed by atoms with Crippen LogP contribution in [0.1, 0.15) is 19.8 Å². The van der Waals surface area contributed by atoms with Crippen LogP contribution >= 0.6 is 0 Å². The van der Waals surface area contributed by atoms with Gasteiger partial charge in [0.25, 0.3) is 0 Å². The predicted molar refractivity (Wildman–Crippen MR) is 30.9 cm³/mol. The molecule has 0 aliphatic rings. The summed E-state index contributed by atoms with van der Waals surface area (Å²) in [6, 6.07) is 0. The molecule has 0 spiro atoms. The molecule has 9 heavy (non-hydrogen) atoms. The fraction of sp³-hybridized carbons (Fsp3) is 0.667. The minimum Gasteiger partial charge on any atom is -0.174 e. The van der Waals surface area contributed by atoms with E-state index < -0.39 is 6.68 Å². The normalized spacial score (nSPS) is 7.56. The van der Waals surface area contributed by atoms with Gasteiger partial charge in [0.05, 0.1) is 0 Å². The first kappa shape index (κ1) is 11.2. The van der Waals surface area contributed by atoms with Gasteiger partial charge in [-0.3, -0.25) is 0 Å². The summed E-state index contributed by atoms with van der Waals surface area (Å²) in [7, 11) is 0. The van der Waals surface area contributed by atoms with Crippen molar-refractivity contribution in [1.29, 1.82) is 0 Å². The zero-order chi connectivity index (χ0) is 7.70. The highest BCUT2D eigenvalue weighted by molar-refractivity contribution is 4.81. The van der Waals surface area contributed by atoms with Crippen LogP contribution in [-0.4, -0.2) is 6.68 Å². The van der Waals surface area contributed by atoms with Crippen LogP contribution < -0.4 is 0 Å². The van der Waals surface area contributed by atoms with Gasteiger partial charge in [-0.05, 0) is 6.42 Å². The zero-order valence-electron chi connectivity index (χ0n) is 5.20. The van der Waals surface area contributed by atoms with E-state index in [2.05, 4.69) is 12.8 Å². The van der Waals surface area contributed by atoms with E-state index in [9.17, 15) is 13.2 Å². The Bertz CT molecular complexity index is 70.1. The van der Waals surface area contributed by atoms with Crippen LogP contribution in [0.25, 0.3) is 0 Å². The molecule has 3 heteroatoms. The van der Waals surface area contributed by atoms with E-state index in [0.29, 0.717) is 0 Å². The molecule has 0 saturated heterocycles. The van der Waals surface area contributed by atoms with Crippen LogP contribution in [-0.2, 0) is 0 Å². The van der Waals surface area contributed by atoms with Gasteiger partial charge >= 0.3 is 6.68 Å². The van der Waals surface area contributed by atoms with Gasteiger partial charge in [0, 0.05) is 6.42 Å². The average Bonchev–Trinajstić information content (AvgIpc) is 1.66. The SMILES string of the molecule is C#CCCC.FC(F)F. The van der Waals surface area contributed by atoms with E-state index in [1.807, 2.05) is 0 Å². The molecule has 0 radical (unpaired) electrons. The lowest BCUT2D eigenvalue weighted by Gasteiger charge is -1.69. The van der Waals surface area contributed by atoms with Gasteiger partial charge in [0.2, 0.25) is 0 Å². The summed E-state index contributed by atoms with van der Waals surface area (Å²) < 4.78 is 29.0. The van der Waals surface area contributed by atoms with E-state index in [0.717, 1.165) is 12.8 Å². The molecule has 0 unspecified atom stereocenters. The molecule has 0 aromatic carbocycles. The van der Waals surface area contributed by atoms with Gasteiger partial charge in [-0.15, -0.1) is 12.3 Å². The molecule has 0 bridgehead atoms. The molecule has 0 atom stereocenters. The van der Waals surface area contributed by atoms with Crippen molar-refractivity contribution >= 4 is 0 Å². The van der Waals surface area contributed by atoms with Gasteiger partial charge in [-0.25, -0.2) is 0 Å². The van der Waals surface area contributed by atoms with Crippen molar-refractivity contribution in [3.05, 3.63) is 0 Å². The minimum absolute atomic E-state index is 0.917. The van der Waals surface area contributed by atoms with Gasteiger partial charge in [-0.1, -0.05) is 6.92 Å². The highest BCUT2D eigenvalue weighted by Crippen LogP contribution is 1.87. The second-order valence-electron chi connectivity index (χ2n) is 1.20. The van der Waals surface area contributed by atoms with Gasteiger partial charge < -0.3 is 0 Å². The highest BCUT2D eigenvalue weighted by atomic mass is 19.4. The molecule has 0 heterocycles. The van der Waals surface area contributed by atoms with Crippen LogP contribution in [0.2, 0.25) is 0 Å². The Kier molecular flexibility index (Phi) is 12.9. The van der Waals surface area contributed by atoms with Crippen LogP contribution in [0.4, 0.5) is 13.2 Å². The largest absolute Gasteiger partial charge is 0.379 e. The standard InChI is InChI=1S/C5H8.CHF3/c1-3-5-4-2;2-1(3)4/h1H,4-5H2,2H3;1H. The lowest BCUT2D eigenvalue weighted by atomic mass is 10.4. The summed E-state index contributed by atoms with van der Waals surface area (Å²) in [6.45, 7) is -1.60. The quantitative estimate of drug-likeness (QED) is 0.488. The second kappa shape index (κ2) is 10.4.